The summed E-state index contributed by atoms with van der Waals surface area (Å²) >= 11 is 3.52. The van der Waals surface area contributed by atoms with Gasteiger partial charge in [-0.15, -0.1) is 0 Å². The molecule has 2 aromatic heterocycles. The van der Waals surface area contributed by atoms with E-state index in [-0.39, 0.29) is 0 Å². The molecule has 1 fully saturated rings. The normalized spacial score (nSPS) is 18.2. The molecule has 3 heterocycles. The molecule has 2 N–H and O–H groups in total. The zero-order valence-corrected chi connectivity index (χ0v) is 14.7. The minimum Gasteiger partial charge on any atom is -0.361 e. The Hall–Kier alpha value is -1.79. The van der Waals surface area contributed by atoms with Crippen molar-refractivity contribution in [1.29, 1.82) is 0 Å². The molecule has 0 aliphatic carbocycles. The maximum Gasteiger partial charge on any atom is 0.150 e. The Balaban J connectivity index is 1.39. The van der Waals surface area contributed by atoms with Gasteiger partial charge < -0.3 is 15.2 Å². The number of benzene rings is 1. The van der Waals surface area contributed by atoms with Crippen molar-refractivity contribution in [2.45, 2.75) is 19.0 Å². The van der Waals surface area contributed by atoms with Gasteiger partial charge >= 0.3 is 0 Å². The van der Waals surface area contributed by atoms with Crippen LogP contribution in [0.25, 0.3) is 10.9 Å². The molecular formula is C17H20BrN5. The highest BCUT2D eigenvalue weighted by molar-refractivity contribution is 9.10. The molecule has 0 bridgehead atoms. The summed E-state index contributed by atoms with van der Waals surface area (Å²) < 4.78 is 2.97. The lowest BCUT2D eigenvalue weighted by molar-refractivity contribution is 0.552. The van der Waals surface area contributed by atoms with Crippen LogP contribution < -0.4 is 10.2 Å². The molecular weight excluding hydrogens is 354 g/mol. The number of rotatable bonds is 4. The summed E-state index contributed by atoms with van der Waals surface area (Å²) in [5, 5.41) is 9.47. The van der Waals surface area contributed by atoms with Crippen LogP contribution in [0.2, 0.25) is 0 Å². The van der Waals surface area contributed by atoms with Crippen LogP contribution in [-0.2, 0) is 13.6 Å². The first kappa shape index (κ1) is 14.8. The fourth-order valence-electron chi connectivity index (χ4n) is 3.27. The van der Waals surface area contributed by atoms with Gasteiger partial charge in [0, 0.05) is 66.6 Å². The van der Waals surface area contributed by atoms with Crippen LogP contribution in [0.3, 0.4) is 0 Å². The van der Waals surface area contributed by atoms with Gasteiger partial charge in [-0.05, 0) is 24.1 Å². The second kappa shape index (κ2) is 6.02. The van der Waals surface area contributed by atoms with Crippen molar-refractivity contribution in [3.05, 3.63) is 46.7 Å². The second-order valence-corrected chi connectivity index (χ2v) is 7.08. The fourth-order valence-corrected chi connectivity index (χ4v) is 3.63. The van der Waals surface area contributed by atoms with Crippen molar-refractivity contribution in [3.8, 4) is 0 Å². The average Bonchev–Trinajstić information content (AvgIpc) is 3.24. The molecule has 4 rings (SSSR count). The number of H-pyrrole nitrogens is 1. The number of hydrogen-bond donors (Lipinski definition) is 2. The molecule has 23 heavy (non-hydrogen) atoms. The van der Waals surface area contributed by atoms with Gasteiger partial charge in [-0.1, -0.05) is 22.0 Å². The zero-order valence-electron chi connectivity index (χ0n) is 13.1. The van der Waals surface area contributed by atoms with Crippen LogP contribution in [0.1, 0.15) is 12.0 Å². The van der Waals surface area contributed by atoms with Gasteiger partial charge in [-0.25, -0.2) is 0 Å². The predicted molar refractivity (Wildman–Crippen MR) is 96.7 cm³/mol. The SMILES string of the molecule is Cn1ccc(N2CCC(NCc3c[nH]c4cc(Br)ccc34)C2)n1. The van der Waals surface area contributed by atoms with E-state index in [0.29, 0.717) is 6.04 Å². The Morgan fingerprint density at radius 1 is 1.39 bits per heavy atom. The Morgan fingerprint density at radius 2 is 2.30 bits per heavy atom. The molecule has 0 amide bonds. The molecule has 120 valence electrons. The van der Waals surface area contributed by atoms with Crippen molar-refractivity contribution < 1.29 is 0 Å². The monoisotopic (exact) mass is 373 g/mol. The van der Waals surface area contributed by atoms with E-state index >= 15 is 0 Å². The number of halogens is 1. The molecule has 6 heteroatoms. The number of nitrogens with one attached hydrogen (secondary N) is 2. The molecule has 1 unspecified atom stereocenters. The van der Waals surface area contributed by atoms with Gasteiger partial charge in [0.2, 0.25) is 0 Å². The van der Waals surface area contributed by atoms with Gasteiger partial charge in [0.05, 0.1) is 0 Å². The molecule has 1 aliphatic rings. The van der Waals surface area contributed by atoms with Crippen molar-refractivity contribution in [2.75, 3.05) is 18.0 Å². The lowest BCUT2D eigenvalue weighted by atomic mass is 10.1. The third-order valence-electron chi connectivity index (χ3n) is 4.52. The van der Waals surface area contributed by atoms with Crippen LogP contribution in [0.4, 0.5) is 5.82 Å². The summed E-state index contributed by atoms with van der Waals surface area (Å²) in [4.78, 5) is 5.70. The molecule has 1 aliphatic heterocycles. The summed E-state index contributed by atoms with van der Waals surface area (Å²) in [6.45, 7) is 2.97. The maximum absolute atomic E-state index is 4.49. The smallest absolute Gasteiger partial charge is 0.150 e. The van der Waals surface area contributed by atoms with E-state index in [1.807, 2.05) is 17.9 Å². The Kier molecular flexibility index (Phi) is 3.87. The van der Waals surface area contributed by atoms with Gasteiger partial charge in [0.25, 0.3) is 0 Å². The van der Waals surface area contributed by atoms with Crippen molar-refractivity contribution >= 4 is 32.7 Å². The number of anilines is 1. The first-order chi connectivity index (χ1) is 11.2. The van der Waals surface area contributed by atoms with Gasteiger partial charge in [0.15, 0.2) is 5.82 Å². The van der Waals surface area contributed by atoms with Crippen molar-refractivity contribution in [3.63, 3.8) is 0 Å². The Morgan fingerprint density at radius 3 is 3.13 bits per heavy atom. The second-order valence-electron chi connectivity index (χ2n) is 6.16. The third kappa shape index (κ3) is 3.01. The van der Waals surface area contributed by atoms with Crippen LogP contribution in [0.15, 0.2) is 41.1 Å². The van der Waals surface area contributed by atoms with Gasteiger partial charge in [-0.3, -0.25) is 4.68 Å². The highest BCUT2D eigenvalue weighted by Crippen LogP contribution is 2.23. The first-order valence-corrected chi connectivity index (χ1v) is 8.72. The molecule has 5 nitrogen and oxygen atoms in total. The number of hydrogen-bond acceptors (Lipinski definition) is 3. The topological polar surface area (TPSA) is 48.9 Å². The number of aromatic amines is 1. The minimum absolute atomic E-state index is 0.511. The van der Waals surface area contributed by atoms with Crippen LogP contribution >= 0.6 is 15.9 Å². The summed E-state index contributed by atoms with van der Waals surface area (Å²) in [6.07, 6.45) is 5.26. The average molecular weight is 374 g/mol. The van der Waals surface area contributed by atoms with Gasteiger partial charge in [0.1, 0.15) is 0 Å². The number of aryl methyl sites for hydroxylation is 1. The molecule has 1 saturated heterocycles. The van der Waals surface area contributed by atoms with Crippen LogP contribution in [0.5, 0.6) is 0 Å². The number of fused-ring (bicyclic) bond motifs is 1. The fraction of sp³-hybridized carbons (Fsp3) is 0.353. The minimum atomic E-state index is 0.511. The highest BCUT2D eigenvalue weighted by atomic mass is 79.9. The molecule has 1 aromatic carbocycles. The predicted octanol–water partition coefficient (Wildman–Crippen LogP) is 3.03. The van der Waals surface area contributed by atoms with E-state index < -0.39 is 0 Å². The molecule has 0 spiro atoms. The number of aromatic nitrogens is 3. The lowest BCUT2D eigenvalue weighted by Crippen LogP contribution is -2.32. The van der Waals surface area contributed by atoms with E-state index in [2.05, 4.69) is 66.7 Å². The third-order valence-corrected chi connectivity index (χ3v) is 5.02. The summed E-state index contributed by atoms with van der Waals surface area (Å²) in [7, 11) is 1.96. The lowest BCUT2D eigenvalue weighted by Gasteiger charge is -2.16. The first-order valence-electron chi connectivity index (χ1n) is 7.92. The largest absolute Gasteiger partial charge is 0.361 e. The van der Waals surface area contributed by atoms with E-state index in [0.717, 1.165) is 36.3 Å². The zero-order chi connectivity index (χ0) is 15.8. The van der Waals surface area contributed by atoms with Crippen LogP contribution in [0, 0.1) is 0 Å². The van der Waals surface area contributed by atoms with E-state index in [1.165, 1.54) is 16.5 Å². The number of nitrogens with zero attached hydrogens (tertiary/aromatic N) is 3. The molecule has 1 atom stereocenters. The Labute approximate surface area is 143 Å². The summed E-state index contributed by atoms with van der Waals surface area (Å²) in [5.74, 6) is 1.08. The van der Waals surface area contributed by atoms with E-state index in [9.17, 15) is 0 Å². The molecule has 0 saturated carbocycles. The molecule has 0 radical (unpaired) electrons. The van der Waals surface area contributed by atoms with Gasteiger partial charge in [-0.2, -0.15) is 5.10 Å². The van der Waals surface area contributed by atoms with Crippen molar-refractivity contribution in [2.24, 2.45) is 7.05 Å². The quantitative estimate of drug-likeness (QED) is 0.738. The highest BCUT2D eigenvalue weighted by Gasteiger charge is 2.23. The standard InChI is InChI=1S/C17H20BrN5/c1-22-6-5-17(21-22)23-7-4-14(11-23)19-9-12-10-20-16-8-13(18)2-3-15(12)16/h2-3,5-6,8,10,14,19-20H,4,7,9,11H2,1H3. The van der Waals surface area contributed by atoms with Crippen molar-refractivity contribution in [1.82, 2.24) is 20.1 Å². The maximum atomic E-state index is 4.49. The van der Waals surface area contributed by atoms with E-state index in [4.69, 9.17) is 0 Å². The van der Waals surface area contributed by atoms with Crippen LogP contribution in [-0.4, -0.2) is 33.9 Å². The summed E-state index contributed by atoms with van der Waals surface area (Å²) in [6, 6.07) is 8.98. The summed E-state index contributed by atoms with van der Waals surface area (Å²) in [5.41, 5.74) is 2.50. The molecule has 3 aromatic rings. The van der Waals surface area contributed by atoms with E-state index in [1.54, 1.807) is 0 Å². The Bertz CT molecular complexity index is 821.